The van der Waals surface area contributed by atoms with E-state index in [1.807, 2.05) is 36.0 Å². The molecule has 2 aromatic heterocycles. The summed E-state index contributed by atoms with van der Waals surface area (Å²) in [6, 6.07) is 5.83. The van der Waals surface area contributed by atoms with Crippen LogP contribution in [0.15, 0.2) is 46.3 Å². The SMILES string of the molecule is CCOCCCNC(=NCCCn1cccn1)NCCc1ccco1. The van der Waals surface area contributed by atoms with E-state index in [0.717, 1.165) is 70.4 Å². The van der Waals surface area contributed by atoms with E-state index in [4.69, 9.17) is 9.15 Å². The maximum Gasteiger partial charge on any atom is 0.191 e. The van der Waals surface area contributed by atoms with Crippen molar-refractivity contribution in [2.24, 2.45) is 4.99 Å². The number of rotatable bonds is 12. The number of aromatic nitrogens is 2. The molecule has 0 radical (unpaired) electrons. The van der Waals surface area contributed by atoms with Crippen molar-refractivity contribution in [2.75, 3.05) is 32.8 Å². The van der Waals surface area contributed by atoms with Crippen molar-refractivity contribution in [1.82, 2.24) is 20.4 Å². The van der Waals surface area contributed by atoms with Crippen LogP contribution in [0.4, 0.5) is 0 Å². The highest BCUT2D eigenvalue weighted by Gasteiger charge is 2.00. The number of aliphatic imine (C=N–C) groups is 1. The predicted molar refractivity (Wildman–Crippen MR) is 98.7 cm³/mol. The Morgan fingerprint density at radius 1 is 1.28 bits per heavy atom. The number of furan rings is 1. The summed E-state index contributed by atoms with van der Waals surface area (Å²) < 4.78 is 12.6. The molecule has 0 fully saturated rings. The molecular formula is C18H29N5O2. The van der Waals surface area contributed by atoms with Gasteiger partial charge in [-0.25, -0.2) is 0 Å². The minimum atomic E-state index is 0.751. The van der Waals surface area contributed by atoms with E-state index >= 15 is 0 Å². The first-order chi connectivity index (χ1) is 12.4. The zero-order valence-electron chi connectivity index (χ0n) is 15.0. The zero-order valence-corrected chi connectivity index (χ0v) is 15.0. The molecule has 2 rings (SSSR count). The lowest BCUT2D eigenvalue weighted by Gasteiger charge is -2.12. The molecule has 0 aromatic carbocycles. The first-order valence-corrected chi connectivity index (χ1v) is 8.98. The highest BCUT2D eigenvalue weighted by atomic mass is 16.5. The molecule has 0 spiro atoms. The quantitative estimate of drug-likeness (QED) is 0.349. The third kappa shape index (κ3) is 8.39. The average Bonchev–Trinajstić information content (AvgIpc) is 3.31. The van der Waals surface area contributed by atoms with Gasteiger partial charge in [0.15, 0.2) is 5.96 Å². The summed E-state index contributed by atoms with van der Waals surface area (Å²) in [4.78, 5) is 4.64. The van der Waals surface area contributed by atoms with Gasteiger partial charge in [-0.1, -0.05) is 0 Å². The second-order valence-corrected chi connectivity index (χ2v) is 5.59. The molecule has 138 valence electrons. The van der Waals surface area contributed by atoms with E-state index in [2.05, 4.69) is 20.7 Å². The van der Waals surface area contributed by atoms with Crippen molar-refractivity contribution in [3.05, 3.63) is 42.6 Å². The Hall–Kier alpha value is -2.28. The third-order valence-corrected chi connectivity index (χ3v) is 3.58. The molecule has 0 aliphatic rings. The van der Waals surface area contributed by atoms with Crippen molar-refractivity contribution >= 4 is 5.96 Å². The molecule has 2 aromatic rings. The van der Waals surface area contributed by atoms with Crippen LogP contribution in [0.1, 0.15) is 25.5 Å². The van der Waals surface area contributed by atoms with Crippen LogP contribution < -0.4 is 10.6 Å². The van der Waals surface area contributed by atoms with Crippen LogP contribution in [0.25, 0.3) is 0 Å². The smallest absolute Gasteiger partial charge is 0.191 e. The molecule has 0 amide bonds. The average molecular weight is 347 g/mol. The van der Waals surface area contributed by atoms with E-state index in [1.54, 1.807) is 12.5 Å². The Bertz CT molecular complexity index is 566. The van der Waals surface area contributed by atoms with Gasteiger partial charge in [-0.3, -0.25) is 9.67 Å². The van der Waals surface area contributed by atoms with E-state index in [-0.39, 0.29) is 0 Å². The summed E-state index contributed by atoms with van der Waals surface area (Å²) in [6.45, 7) is 6.78. The fraction of sp³-hybridized carbons (Fsp3) is 0.556. The second kappa shape index (κ2) is 12.1. The number of nitrogens with zero attached hydrogens (tertiary/aromatic N) is 3. The standard InChI is InChI=1S/C18H29N5O2/c1-2-24-15-6-10-20-18(21-12-8-17-7-3-16-25-17)19-9-4-13-23-14-5-11-22-23/h3,5,7,11,14,16H,2,4,6,8-10,12-13,15H2,1H3,(H2,19,20,21). The maximum atomic E-state index is 5.36. The van der Waals surface area contributed by atoms with Crippen LogP contribution in [0, 0.1) is 0 Å². The van der Waals surface area contributed by atoms with E-state index in [1.165, 1.54) is 0 Å². The summed E-state index contributed by atoms with van der Waals surface area (Å²) >= 11 is 0. The molecule has 0 saturated heterocycles. The fourth-order valence-corrected chi connectivity index (χ4v) is 2.31. The van der Waals surface area contributed by atoms with Crippen LogP contribution in [0.2, 0.25) is 0 Å². The minimum Gasteiger partial charge on any atom is -0.469 e. The largest absolute Gasteiger partial charge is 0.469 e. The summed E-state index contributed by atoms with van der Waals surface area (Å²) in [6.07, 6.45) is 8.21. The van der Waals surface area contributed by atoms with Crippen molar-refractivity contribution < 1.29 is 9.15 Å². The molecule has 0 saturated carbocycles. The van der Waals surface area contributed by atoms with Gasteiger partial charge >= 0.3 is 0 Å². The van der Waals surface area contributed by atoms with Crippen LogP contribution in [0.5, 0.6) is 0 Å². The van der Waals surface area contributed by atoms with Gasteiger partial charge in [0.2, 0.25) is 0 Å². The molecule has 0 aliphatic carbocycles. The van der Waals surface area contributed by atoms with E-state index in [9.17, 15) is 0 Å². The number of hydrogen-bond donors (Lipinski definition) is 2. The lowest BCUT2D eigenvalue weighted by atomic mass is 10.3. The molecular weight excluding hydrogens is 318 g/mol. The zero-order chi connectivity index (χ0) is 17.6. The van der Waals surface area contributed by atoms with Crippen LogP contribution in [0.3, 0.4) is 0 Å². The van der Waals surface area contributed by atoms with E-state index < -0.39 is 0 Å². The van der Waals surface area contributed by atoms with Gasteiger partial charge in [0.1, 0.15) is 5.76 Å². The highest BCUT2D eigenvalue weighted by molar-refractivity contribution is 5.79. The number of guanidine groups is 1. The first kappa shape index (κ1) is 19.1. The van der Waals surface area contributed by atoms with Crippen molar-refractivity contribution in [1.29, 1.82) is 0 Å². The molecule has 0 unspecified atom stereocenters. The van der Waals surface area contributed by atoms with Crippen LogP contribution in [-0.4, -0.2) is 48.6 Å². The molecule has 7 nitrogen and oxygen atoms in total. The third-order valence-electron chi connectivity index (χ3n) is 3.58. The molecule has 25 heavy (non-hydrogen) atoms. The summed E-state index contributed by atoms with van der Waals surface area (Å²) in [5.74, 6) is 1.81. The number of aryl methyl sites for hydroxylation is 1. The van der Waals surface area contributed by atoms with Gasteiger partial charge in [0, 0.05) is 58.2 Å². The Morgan fingerprint density at radius 2 is 2.20 bits per heavy atom. The van der Waals surface area contributed by atoms with Gasteiger partial charge in [0.05, 0.1) is 6.26 Å². The van der Waals surface area contributed by atoms with E-state index in [0.29, 0.717) is 0 Å². The number of nitrogens with one attached hydrogen (secondary N) is 2. The van der Waals surface area contributed by atoms with Crippen molar-refractivity contribution in [2.45, 2.75) is 32.7 Å². The lowest BCUT2D eigenvalue weighted by molar-refractivity contribution is 0.145. The van der Waals surface area contributed by atoms with Crippen LogP contribution in [-0.2, 0) is 17.7 Å². The minimum absolute atomic E-state index is 0.751. The topological polar surface area (TPSA) is 76.6 Å². The Balaban J connectivity index is 1.70. The second-order valence-electron chi connectivity index (χ2n) is 5.59. The Morgan fingerprint density at radius 3 is 2.96 bits per heavy atom. The van der Waals surface area contributed by atoms with Gasteiger partial charge in [-0.05, 0) is 38.0 Å². The number of ether oxygens (including phenoxy) is 1. The molecule has 2 heterocycles. The predicted octanol–water partition coefficient (Wildman–Crippen LogP) is 2.07. The summed E-state index contributed by atoms with van der Waals surface area (Å²) in [7, 11) is 0. The lowest BCUT2D eigenvalue weighted by Crippen LogP contribution is -2.39. The molecule has 0 aliphatic heterocycles. The van der Waals surface area contributed by atoms with Gasteiger partial charge < -0.3 is 19.8 Å². The van der Waals surface area contributed by atoms with Crippen molar-refractivity contribution in [3.63, 3.8) is 0 Å². The van der Waals surface area contributed by atoms with Crippen molar-refractivity contribution in [3.8, 4) is 0 Å². The van der Waals surface area contributed by atoms with Gasteiger partial charge in [0.25, 0.3) is 0 Å². The molecule has 7 heteroatoms. The molecule has 0 atom stereocenters. The summed E-state index contributed by atoms with van der Waals surface area (Å²) in [5, 5.41) is 10.9. The Labute approximate surface area is 149 Å². The molecule has 2 N–H and O–H groups in total. The molecule has 0 bridgehead atoms. The van der Waals surface area contributed by atoms with Gasteiger partial charge in [-0.2, -0.15) is 5.10 Å². The maximum absolute atomic E-state index is 5.36. The first-order valence-electron chi connectivity index (χ1n) is 8.98. The van der Waals surface area contributed by atoms with Gasteiger partial charge in [-0.15, -0.1) is 0 Å². The monoisotopic (exact) mass is 347 g/mol. The number of hydrogen-bond acceptors (Lipinski definition) is 4. The fourth-order valence-electron chi connectivity index (χ4n) is 2.31. The van der Waals surface area contributed by atoms with Crippen LogP contribution >= 0.6 is 0 Å². The Kier molecular flexibility index (Phi) is 9.25. The normalized spacial score (nSPS) is 11.6. The summed E-state index contributed by atoms with van der Waals surface area (Å²) in [5.41, 5.74) is 0. The highest BCUT2D eigenvalue weighted by Crippen LogP contribution is 1.99.